The molecule has 0 bridgehead atoms. The van der Waals surface area contributed by atoms with Crippen LogP contribution in [0.3, 0.4) is 0 Å². The molecule has 5 nitrogen and oxygen atoms in total. The fourth-order valence-electron chi connectivity index (χ4n) is 2.84. The minimum absolute atomic E-state index is 0.0514. The molecule has 2 aromatic rings. The number of rotatable bonds is 5. The molecule has 2 aromatic carbocycles. The van der Waals surface area contributed by atoms with Crippen molar-refractivity contribution in [3.05, 3.63) is 59.9 Å². The minimum atomic E-state index is -4.99. The average Bonchev–Trinajstić information content (AvgIpc) is 3.07. The number of amides is 2. The first kappa shape index (κ1) is 24.7. The lowest BCUT2D eigenvalue weighted by molar-refractivity contribution is -0.174. The predicted molar refractivity (Wildman–Crippen MR) is 109 cm³/mol. The fraction of sp³-hybridized carbons (Fsp3) is 0.300. The number of alkyl halides is 5. The molecule has 1 fully saturated rings. The Morgan fingerprint density at radius 3 is 2.39 bits per heavy atom. The Morgan fingerprint density at radius 1 is 1.16 bits per heavy atom. The standard InChI is InChI=1S/C19H16F4N2O3.CH2Cl2/c20-13-3-1-2-12(8-13)11-28-16-6-4-15(5-7-16)25-10-14(9-17(25)26)24-18(27)19(21,22)23;2-1-3/h1-8,14H,9-11H2,(H,24,27);1H2/t14-;/m0./s1. The smallest absolute Gasteiger partial charge is 0.471 e. The van der Waals surface area contributed by atoms with Gasteiger partial charge in [-0.15, -0.1) is 23.2 Å². The van der Waals surface area contributed by atoms with E-state index in [0.717, 1.165) is 0 Å². The molecule has 1 aliphatic heterocycles. The van der Waals surface area contributed by atoms with Crippen LogP contribution in [-0.4, -0.2) is 35.9 Å². The van der Waals surface area contributed by atoms with Crippen LogP contribution in [0.15, 0.2) is 48.5 Å². The third kappa shape index (κ3) is 7.59. The third-order valence-corrected chi connectivity index (χ3v) is 4.16. The lowest BCUT2D eigenvalue weighted by atomic mass is 10.2. The predicted octanol–water partition coefficient (Wildman–Crippen LogP) is 4.61. The summed E-state index contributed by atoms with van der Waals surface area (Å²) in [6, 6.07) is 11.4. The number of ether oxygens (including phenoxy) is 1. The van der Waals surface area contributed by atoms with Crippen molar-refractivity contribution >= 4 is 40.7 Å². The summed E-state index contributed by atoms with van der Waals surface area (Å²) in [5.74, 6) is -2.33. The van der Waals surface area contributed by atoms with Crippen LogP contribution in [0, 0.1) is 5.82 Å². The third-order valence-electron chi connectivity index (χ3n) is 4.16. The van der Waals surface area contributed by atoms with Crippen molar-refractivity contribution in [2.45, 2.75) is 25.2 Å². The summed E-state index contributed by atoms with van der Waals surface area (Å²) in [7, 11) is 0. The minimum Gasteiger partial charge on any atom is -0.489 e. The second-order valence-corrected chi connectivity index (χ2v) is 7.20. The van der Waals surface area contributed by atoms with Gasteiger partial charge in [0.15, 0.2) is 0 Å². The molecule has 0 aromatic heterocycles. The van der Waals surface area contributed by atoms with Crippen molar-refractivity contribution in [2.75, 3.05) is 16.8 Å². The summed E-state index contributed by atoms with van der Waals surface area (Å²) in [6.07, 6.45) is -5.20. The van der Waals surface area contributed by atoms with Gasteiger partial charge in [-0.3, -0.25) is 9.59 Å². The SMILES string of the molecule is ClCCl.O=C1C[C@H](NC(=O)C(F)(F)F)CN1c1ccc(OCc2cccc(F)c2)cc1. The van der Waals surface area contributed by atoms with E-state index in [4.69, 9.17) is 27.9 Å². The molecule has 0 unspecified atom stereocenters. The maximum atomic E-state index is 13.1. The summed E-state index contributed by atoms with van der Waals surface area (Å²) in [4.78, 5) is 24.4. The summed E-state index contributed by atoms with van der Waals surface area (Å²) in [5, 5.41) is 2.02. The van der Waals surface area contributed by atoms with Gasteiger partial charge in [-0.2, -0.15) is 13.2 Å². The zero-order valence-electron chi connectivity index (χ0n) is 16.0. The maximum Gasteiger partial charge on any atom is 0.471 e. The van der Waals surface area contributed by atoms with Crippen molar-refractivity contribution in [3.8, 4) is 5.75 Å². The van der Waals surface area contributed by atoms with Gasteiger partial charge in [-0.1, -0.05) is 12.1 Å². The number of nitrogens with one attached hydrogen (secondary N) is 1. The van der Waals surface area contributed by atoms with Gasteiger partial charge in [0, 0.05) is 18.7 Å². The second kappa shape index (κ2) is 11.2. The first-order chi connectivity index (χ1) is 14.6. The molecule has 0 radical (unpaired) electrons. The molecule has 1 N–H and O–H groups in total. The average molecular weight is 481 g/mol. The molecule has 0 saturated carbocycles. The van der Waals surface area contributed by atoms with Crippen molar-refractivity contribution in [2.24, 2.45) is 0 Å². The zero-order valence-corrected chi connectivity index (χ0v) is 17.5. The van der Waals surface area contributed by atoms with E-state index in [0.29, 0.717) is 17.0 Å². The molecular formula is C20H18Cl2F4N2O3. The lowest BCUT2D eigenvalue weighted by Gasteiger charge is -2.18. The van der Waals surface area contributed by atoms with Crippen LogP contribution in [0.2, 0.25) is 0 Å². The number of hydrogen-bond donors (Lipinski definition) is 1. The lowest BCUT2D eigenvalue weighted by Crippen LogP contribution is -2.44. The summed E-state index contributed by atoms with van der Waals surface area (Å²) in [5.41, 5.74) is 1.13. The van der Waals surface area contributed by atoms with E-state index in [9.17, 15) is 27.2 Å². The highest BCUT2D eigenvalue weighted by molar-refractivity contribution is 6.40. The number of anilines is 1. The van der Waals surface area contributed by atoms with Crippen LogP contribution in [0.5, 0.6) is 5.75 Å². The molecule has 1 aliphatic rings. The summed E-state index contributed by atoms with van der Waals surface area (Å²) in [6.45, 7) is 0.107. The molecule has 2 amide bonds. The number of carbonyl (C=O) groups excluding carboxylic acids is 2. The van der Waals surface area contributed by atoms with E-state index in [1.807, 2.05) is 5.32 Å². The van der Waals surface area contributed by atoms with Gasteiger partial charge in [0.25, 0.3) is 0 Å². The number of hydrogen-bond acceptors (Lipinski definition) is 3. The van der Waals surface area contributed by atoms with Crippen LogP contribution < -0.4 is 15.0 Å². The van der Waals surface area contributed by atoms with Crippen LogP contribution in [-0.2, 0) is 16.2 Å². The number of benzene rings is 2. The van der Waals surface area contributed by atoms with E-state index in [2.05, 4.69) is 0 Å². The van der Waals surface area contributed by atoms with Crippen LogP contribution in [0.1, 0.15) is 12.0 Å². The highest BCUT2D eigenvalue weighted by atomic mass is 35.5. The van der Waals surface area contributed by atoms with Gasteiger partial charge >= 0.3 is 12.1 Å². The highest BCUT2D eigenvalue weighted by Crippen LogP contribution is 2.25. The Morgan fingerprint density at radius 2 is 1.81 bits per heavy atom. The first-order valence-electron chi connectivity index (χ1n) is 8.91. The molecule has 31 heavy (non-hydrogen) atoms. The van der Waals surface area contributed by atoms with E-state index < -0.39 is 18.1 Å². The van der Waals surface area contributed by atoms with Crippen LogP contribution in [0.25, 0.3) is 0 Å². The van der Waals surface area contributed by atoms with Crippen molar-refractivity contribution < 1.29 is 31.9 Å². The Hall–Kier alpha value is -2.52. The topological polar surface area (TPSA) is 58.6 Å². The Bertz CT molecular complexity index is 895. The summed E-state index contributed by atoms with van der Waals surface area (Å²) < 4.78 is 55.7. The number of halogens is 6. The van der Waals surface area contributed by atoms with E-state index in [1.165, 1.54) is 17.0 Å². The fourth-order valence-corrected chi connectivity index (χ4v) is 2.84. The second-order valence-electron chi connectivity index (χ2n) is 6.39. The molecule has 1 atom stereocenters. The molecule has 11 heteroatoms. The highest BCUT2D eigenvalue weighted by Gasteiger charge is 2.42. The van der Waals surface area contributed by atoms with E-state index >= 15 is 0 Å². The largest absolute Gasteiger partial charge is 0.489 e. The monoisotopic (exact) mass is 480 g/mol. The van der Waals surface area contributed by atoms with Gasteiger partial charge in [0.1, 0.15) is 18.2 Å². The quantitative estimate of drug-likeness (QED) is 0.502. The molecule has 1 heterocycles. The summed E-state index contributed by atoms with van der Waals surface area (Å²) >= 11 is 9.53. The van der Waals surface area contributed by atoms with Gasteiger partial charge in [0.2, 0.25) is 5.91 Å². The molecule has 0 spiro atoms. The van der Waals surface area contributed by atoms with Crippen molar-refractivity contribution in [1.29, 1.82) is 0 Å². The molecule has 1 saturated heterocycles. The Balaban J connectivity index is 0.00000107. The van der Waals surface area contributed by atoms with E-state index in [1.54, 1.807) is 36.4 Å². The van der Waals surface area contributed by atoms with Gasteiger partial charge < -0.3 is 15.0 Å². The number of nitrogens with zero attached hydrogens (tertiary/aromatic N) is 1. The molecule has 0 aliphatic carbocycles. The molecule has 168 valence electrons. The molecular weight excluding hydrogens is 463 g/mol. The normalized spacial score (nSPS) is 15.9. The van der Waals surface area contributed by atoms with Gasteiger partial charge in [-0.05, 0) is 42.0 Å². The Kier molecular flexibility index (Phi) is 8.94. The van der Waals surface area contributed by atoms with Crippen molar-refractivity contribution in [3.63, 3.8) is 0 Å². The van der Waals surface area contributed by atoms with Crippen molar-refractivity contribution in [1.82, 2.24) is 5.32 Å². The van der Waals surface area contributed by atoms with Crippen LogP contribution >= 0.6 is 23.2 Å². The maximum absolute atomic E-state index is 13.1. The molecule has 3 rings (SSSR count). The van der Waals surface area contributed by atoms with Gasteiger partial charge in [0.05, 0.1) is 11.4 Å². The first-order valence-corrected chi connectivity index (χ1v) is 9.98. The number of carbonyl (C=O) groups is 2. The van der Waals surface area contributed by atoms with Crippen LogP contribution in [0.4, 0.5) is 23.2 Å². The van der Waals surface area contributed by atoms with E-state index in [-0.39, 0.29) is 36.6 Å². The zero-order chi connectivity index (χ0) is 23.0. The van der Waals surface area contributed by atoms with Gasteiger partial charge in [-0.25, -0.2) is 4.39 Å². The Labute approximate surface area is 185 Å².